The molecule has 4 heteroatoms. The third-order valence-electron chi connectivity index (χ3n) is 2.46. The quantitative estimate of drug-likeness (QED) is 0.822. The molecule has 0 radical (unpaired) electrons. The zero-order valence-electron chi connectivity index (χ0n) is 9.26. The van der Waals surface area contributed by atoms with Gasteiger partial charge in [0.1, 0.15) is 0 Å². The van der Waals surface area contributed by atoms with Crippen LogP contribution in [0.3, 0.4) is 0 Å². The van der Waals surface area contributed by atoms with Gasteiger partial charge in [-0.1, -0.05) is 12.1 Å². The van der Waals surface area contributed by atoms with E-state index in [0.29, 0.717) is 6.54 Å². The molecule has 84 valence electrons. The van der Waals surface area contributed by atoms with Gasteiger partial charge in [0.25, 0.3) is 0 Å². The third-order valence-corrected chi connectivity index (χ3v) is 3.25. The van der Waals surface area contributed by atoms with Crippen molar-refractivity contribution < 1.29 is 0 Å². The molecule has 0 amide bonds. The Labute approximate surface area is 99.7 Å². The first-order chi connectivity index (χ1) is 7.86. The Morgan fingerprint density at radius 3 is 2.94 bits per heavy atom. The lowest BCUT2D eigenvalue weighted by atomic mass is 10.3. The van der Waals surface area contributed by atoms with E-state index in [1.807, 2.05) is 18.6 Å². The van der Waals surface area contributed by atoms with Gasteiger partial charge in [-0.15, -0.1) is 11.8 Å². The Morgan fingerprint density at radius 1 is 1.38 bits per heavy atom. The Morgan fingerprint density at radius 2 is 2.19 bits per heavy atom. The Balaban J connectivity index is 2.45. The van der Waals surface area contributed by atoms with Crippen LogP contribution in [0.2, 0.25) is 0 Å². The van der Waals surface area contributed by atoms with Crippen LogP contribution in [-0.4, -0.2) is 22.4 Å². The molecule has 0 saturated heterocycles. The highest BCUT2D eigenvalue weighted by atomic mass is 32.2. The van der Waals surface area contributed by atoms with Gasteiger partial charge >= 0.3 is 0 Å². The van der Waals surface area contributed by atoms with E-state index in [-0.39, 0.29) is 0 Å². The number of hydrogen-bond donors (Lipinski definition) is 1. The molecule has 0 aliphatic carbocycles. The highest BCUT2D eigenvalue weighted by Gasteiger charge is 2.06. The number of hydrogen-bond acceptors (Lipinski definition) is 3. The predicted molar refractivity (Wildman–Crippen MR) is 68.1 cm³/mol. The number of benzene rings is 1. The number of nitrogens with two attached hydrogens (primary N) is 1. The van der Waals surface area contributed by atoms with Crippen LogP contribution in [0.1, 0.15) is 5.69 Å². The van der Waals surface area contributed by atoms with Gasteiger partial charge in [0.05, 0.1) is 12.0 Å². The fourth-order valence-electron chi connectivity index (χ4n) is 1.70. The molecule has 2 N–H and O–H groups in total. The van der Waals surface area contributed by atoms with Crippen molar-refractivity contribution in [2.45, 2.75) is 11.3 Å². The summed E-state index contributed by atoms with van der Waals surface area (Å²) in [5.41, 5.74) is 7.92. The summed E-state index contributed by atoms with van der Waals surface area (Å²) < 4.78 is 2.11. The first-order valence-corrected chi connectivity index (χ1v) is 6.44. The smallest absolute Gasteiger partial charge is 0.0994 e. The Bertz CT molecular complexity index is 465. The highest BCUT2D eigenvalue weighted by Crippen LogP contribution is 2.24. The average molecular weight is 233 g/mol. The van der Waals surface area contributed by atoms with Gasteiger partial charge in [-0.05, 0) is 24.9 Å². The number of para-hydroxylation sites is 1. The van der Waals surface area contributed by atoms with E-state index >= 15 is 0 Å². The minimum atomic E-state index is 0.646. The molecule has 1 aromatic heterocycles. The predicted octanol–water partition coefficient (Wildman–Crippen LogP) is 2.10. The molecule has 1 aromatic carbocycles. The molecule has 0 spiro atoms. The maximum absolute atomic E-state index is 5.59. The summed E-state index contributed by atoms with van der Waals surface area (Å²) in [6, 6.07) is 8.32. The van der Waals surface area contributed by atoms with Gasteiger partial charge in [-0.25, -0.2) is 4.98 Å². The summed E-state index contributed by atoms with van der Waals surface area (Å²) in [5, 5.41) is 0. The Hall–Kier alpha value is -1.26. The molecular weight excluding hydrogens is 218 g/mol. The Kier molecular flexibility index (Phi) is 3.64. The summed E-state index contributed by atoms with van der Waals surface area (Å²) in [5.74, 6) is 0. The second kappa shape index (κ2) is 5.18. The van der Waals surface area contributed by atoms with Crippen molar-refractivity contribution in [1.82, 2.24) is 9.55 Å². The van der Waals surface area contributed by atoms with Crippen LogP contribution >= 0.6 is 11.8 Å². The molecule has 16 heavy (non-hydrogen) atoms. The lowest BCUT2D eigenvalue weighted by Gasteiger charge is -2.11. The third kappa shape index (κ3) is 2.13. The SMILES string of the molecule is CSc1ccccc1-n1cncc1CCN. The van der Waals surface area contributed by atoms with Crippen molar-refractivity contribution in [2.24, 2.45) is 5.73 Å². The van der Waals surface area contributed by atoms with E-state index in [1.165, 1.54) is 10.6 Å². The van der Waals surface area contributed by atoms with Crippen molar-refractivity contribution in [3.05, 3.63) is 42.5 Å². The van der Waals surface area contributed by atoms with Gasteiger partial charge in [0, 0.05) is 23.2 Å². The molecular formula is C12H15N3S. The van der Waals surface area contributed by atoms with E-state index in [0.717, 1.165) is 12.1 Å². The number of nitrogens with zero attached hydrogens (tertiary/aromatic N) is 2. The van der Waals surface area contributed by atoms with Crippen LogP contribution in [0.15, 0.2) is 41.7 Å². The molecule has 3 nitrogen and oxygen atoms in total. The first-order valence-electron chi connectivity index (χ1n) is 5.21. The molecule has 0 unspecified atom stereocenters. The van der Waals surface area contributed by atoms with Crippen molar-refractivity contribution in [1.29, 1.82) is 0 Å². The summed E-state index contributed by atoms with van der Waals surface area (Å²) >= 11 is 1.74. The molecule has 0 atom stereocenters. The van der Waals surface area contributed by atoms with Gasteiger partial charge in [-0.3, -0.25) is 0 Å². The molecule has 1 heterocycles. The van der Waals surface area contributed by atoms with Gasteiger partial charge in [0.2, 0.25) is 0 Å². The van der Waals surface area contributed by atoms with Crippen molar-refractivity contribution >= 4 is 11.8 Å². The van der Waals surface area contributed by atoms with Crippen molar-refractivity contribution in [2.75, 3.05) is 12.8 Å². The molecule has 0 bridgehead atoms. The van der Waals surface area contributed by atoms with Gasteiger partial charge < -0.3 is 10.3 Å². The van der Waals surface area contributed by atoms with E-state index in [2.05, 4.69) is 34.0 Å². The number of imidazole rings is 1. The zero-order chi connectivity index (χ0) is 11.4. The van der Waals surface area contributed by atoms with Crippen LogP contribution in [-0.2, 0) is 6.42 Å². The fourth-order valence-corrected chi connectivity index (χ4v) is 2.29. The van der Waals surface area contributed by atoms with Crippen molar-refractivity contribution in [3.8, 4) is 5.69 Å². The standard InChI is InChI=1S/C12H15N3S/c1-16-12-5-3-2-4-11(12)15-9-14-8-10(15)6-7-13/h2-5,8-9H,6-7,13H2,1H3. The average Bonchev–Trinajstić information content (AvgIpc) is 2.77. The van der Waals surface area contributed by atoms with E-state index in [1.54, 1.807) is 11.8 Å². The van der Waals surface area contributed by atoms with E-state index in [4.69, 9.17) is 5.73 Å². The minimum Gasteiger partial charge on any atom is -0.330 e. The van der Waals surface area contributed by atoms with Crippen LogP contribution < -0.4 is 5.73 Å². The maximum Gasteiger partial charge on any atom is 0.0994 e. The van der Waals surface area contributed by atoms with Crippen LogP contribution in [0.4, 0.5) is 0 Å². The van der Waals surface area contributed by atoms with Crippen LogP contribution in [0.5, 0.6) is 0 Å². The molecule has 2 rings (SSSR count). The summed E-state index contributed by atoms with van der Waals surface area (Å²) in [4.78, 5) is 5.44. The molecule has 0 fully saturated rings. The topological polar surface area (TPSA) is 43.8 Å². The molecule has 2 aromatic rings. The summed E-state index contributed by atoms with van der Waals surface area (Å²) in [6.45, 7) is 0.646. The van der Waals surface area contributed by atoms with Crippen LogP contribution in [0.25, 0.3) is 5.69 Å². The van der Waals surface area contributed by atoms with E-state index in [9.17, 15) is 0 Å². The van der Waals surface area contributed by atoms with Gasteiger partial charge in [0.15, 0.2) is 0 Å². The summed E-state index contributed by atoms with van der Waals surface area (Å²) in [7, 11) is 0. The normalized spacial score (nSPS) is 10.6. The highest BCUT2D eigenvalue weighted by molar-refractivity contribution is 7.98. The van der Waals surface area contributed by atoms with Gasteiger partial charge in [-0.2, -0.15) is 0 Å². The van der Waals surface area contributed by atoms with Crippen molar-refractivity contribution in [3.63, 3.8) is 0 Å². The first kappa shape index (κ1) is 11.2. The van der Waals surface area contributed by atoms with E-state index < -0.39 is 0 Å². The lowest BCUT2D eigenvalue weighted by Crippen LogP contribution is -2.07. The minimum absolute atomic E-state index is 0.646. The molecule has 0 aliphatic rings. The number of rotatable bonds is 4. The maximum atomic E-state index is 5.59. The molecule has 0 aliphatic heterocycles. The second-order valence-corrected chi connectivity index (χ2v) is 4.31. The largest absolute Gasteiger partial charge is 0.330 e. The monoisotopic (exact) mass is 233 g/mol. The summed E-state index contributed by atoms with van der Waals surface area (Å²) in [6.07, 6.45) is 6.66. The zero-order valence-corrected chi connectivity index (χ0v) is 10.1. The molecule has 0 saturated carbocycles. The fraction of sp³-hybridized carbons (Fsp3) is 0.250. The van der Waals surface area contributed by atoms with Crippen LogP contribution in [0, 0.1) is 0 Å². The number of aromatic nitrogens is 2. The second-order valence-electron chi connectivity index (χ2n) is 3.47. The lowest BCUT2D eigenvalue weighted by molar-refractivity contribution is 0.864. The number of thioether (sulfide) groups is 1.